The number of rotatable bonds is 4. The van der Waals surface area contributed by atoms with Crippen LogP contribution in [0.1, 0.15) is 16.1 Å². The SMILES string of the molecule is COC(=O)c1cn(C(=O)Oc2ccc([N+](=O)[O-])cc2)c(=O)nc1CBr. The van der Waals surface area contributed by atoms with Gasteiger partial charge in [-0.3, -0.25) is 10.1 Å². The number of hydrogen-bond acceptors (Lipinski definition) is 8. The Balaban J connectivity index is 2.33. The zero-order valence-electron chi connectivity index (χ0n) is 12.7. The lowest BCUT2D eigenvalue weighted by Crippen LogP contribution is -2.33. The summed E-state index contributed by atoms with van der Waals surface area (Å²) in [5, 5.41) is 10.7. The van der Waals surface area contributed by atoms with E-state index in [1.807, 2.05) is 0 Å². The minimum absolute atomic E-state index is 0.0216. The van der Waals surface area contributed by atoms with E-state index in [0.717, 1.165) is 25.4 Å². The molecule has 130 valence electrons. The van der Waals surface area contributed by atoms with Crippen molar-refractivity contribution in [2.24, 2.45) is 0 Å². The highest BCUT2D eigenvalue weighted by atomic mass is 79.9. The largest absolute Gasteiger partial charge is 0.465 e. The molecular weight excluding hydrogens is 402 g/mol. The van der Waals surface area contributed by atoms with Gasteiger partial charge in [0.15, 0.2) is 0 Å². The molecule has 0 unspecified atom stereocenters. The van der Waals surface area contributed by atoms with Crippen LogP contribution in [0.25, 0.3) is 0 Å². The molecule has 0 N–H and O–H groups in total. The number of aromatic nitrogens is 2. The van der Waals surface area contributed by atoms with E-state index in [0.29, 0.717) is 4.57 Å². The van der Waals surface area contributed by atoms with Crippen molar-refractivity contribution >= 4 is 33.7 Å². The van der Waals surface area contributed by atoms with Crippen LogP contribution >= 0.6 is 15.9 Å². The minimum Gasteiger partial charge on any atom is -0.465 e. The summed E-state index contributed by atoms with van der Waals surface area (Å²) in [4.78, 5) is 49.4. The van der Waals surface area contributed by atoms with Crippen molar-refractivity contribution < 1.29 is 24.0 Å². The molecule has 0 fully saturated rings. The molecule has 0 saturated heterocycles. The van der Waals surface area contributed by atoms with E-state index in [4.69, 9.17) is 4.74 Å². The predicted octanol–water partition coefficient (Wildman–Crippen LogP) is 1.88. The third-order valence-corrected chi connectivity index (χ3v) is 3.52. The number of benzene rings is 1. The number of carbonyl (C=O) groups is 2. The molecule has 0 bridgehead atoms. The molecule has 0 aliphatic rings. The molecule has 0 radical (unpaired) electrons. The first kappa shape index (κ1) is 18.3. The standard InChI is InChI=1S/C14H10BrN3O7/c1-24-12(19)10-7-17(13(20)16-11(10)6-15)14(21)25-9-4-2-8(3-5-9)18(22)23/h2-5,7H,6H2,1H3. The van der Waals surface area contributed by atoms with Gasteiger partial charge in [-0.1, -0.05) is 15.9 Å². The second-order valence-corrected chi connectivity index (χ2v) is 5.06. The fraction of sp³-hybridized carbons (Fsp3) is 0.143. The third kappa shape index (κ3) is 4.07. The lowest BCUT2D eigenvalue weighted by Gasteiger charge is -2.09. The van der Waals surface area contributed by atoms with Gasteiger partial charge < -0.3 is 9.47 Å². The number of nitro groups is 1. The molecule has 11 heteroatoms. The number of alkyl halides is 1. The van der Waals surface area contributed by atoms with Crippen LogP contribution in [0, 0.1) is 10.1 Å². The van der Waals surface area contributed by atoms with Crippen LogP contribution in [0.2, 0.25) is 0 Å². The van der Waals surface area contributed by atoms with Gasteiger partial charge in [-0.15, -0.1) is 0 Å². The average molecular weight is 412 g/mol. The molecule has 1 aromatic carbocycles. The van der Waals surface area contributed by atoms with Gasteiger partial charge in [-0.05, 0) is 12.1 Å². The molecule has 1 aromatic heterocycles. The van der Waals surface area contributed by atoms with E-state index in [2.05, 4.69) is 25.7 Å². The van der Waals surface area contributed by atoms with Gasteiger partial charge in [-0.2, -0.15) is 4.98 Å². The normalized spacial score (nSPS) is 10.2. The van der Waals surface area contributed by atoms with Gasteiger partial charge in [0.1, 0.15) is 5.75 Å². The molecule has 10 nitrogen and oxygen atoms in total. The van der Waals surface area contributed by atoms with E-state index >= 15 is 0 Å². The third-order valence-electron chi connectivity index (χ3n) is 2.99. The number of nitrogens with zero attached hydrogens (tertiary/aromatic N) is 3. The number of carbonyl (C=O) groups excluding carboxylic acids is 2. The molecule has 0 atom stereocenters. The molecule has 2 rings (SSSR count). The van der Waals surface area contributed by atoms with Crippen LogP contribution in [0.15, 0.2) is 35.3 Å². The zero-order valence-corrected chi connectivity index (χ0v) is 14.3. The van der Waals surface area contributed by atoms with Crippen LogP contribution in [0.3, 0.4) is 0 Å². The quantitative estimate of drug-likeness (QED) is 0.322. The summed E-state index contributed by atoms with van der Waals surface area (Å²) in [5.41, 5.74) is -1.11. The summed E-state index contributed by atoms with van der Waals surface area (Å²) in [6.07, 6.45) is -0.163. The molecule has 0 saturated carbocycles. The number of esters is 1. The van der Waals surface area contributed by atoms with Crippen molar-refractivity contribution in [2.75, 3.05) is 7.11 Å². The van der Waals surface area contributed by atoms with Crippen LogP contribution in [-0.2, 0) is 10.1 Å². The van der Waals surface area contributed by atoms with E-state index < -0.39 is 22.7 Å². The van der Waals surface area contributed by atoms with E-state index in [1.165, 1.54) is 12.1 Å². The smallest absolute Gasteiger partial charge is 0.427 e. The van der Waals surface area contributed by atoms with Gasteiger partial charge in [0.05, 0.1) is 23.3 Å². The van der Waals surface area contributed by atoms with Crippen molar-refractivity contribution in [1.82, 2.24) is 9.55 Å². The lowest BCUT2D eigenvalue weighted by atomic mass is 10.2. The predicted molar refractivity (Wildman–Crippen MR) is 87.0 cm³/mol. The molecule has 0 spiro atoms. The maximum absolute atomic E-state index is 12.1. The molecule has 0 amide bonds. The maximum atomic E-state index is 12.1. The Hall–Kier alpha value is -3.08. The highest BCUT2D eigenvalue weighted by molar-refractivity contribution is 9.08. The summed E-state index contributed by atoms with van der Waals surface area (Å²) >= 11 is 3.08. The average Bonchev–Trinajstić information content (AvgIpc) is 2.60. The van der Waals surface area contributed by atoms with Gasteiger partial charge >= 0.3 is 17.8 Å². The number of halogens is 1. The van der Waals surface area contributed by atoms with Crippen LogP contribution in [0.5, 0.6) is 5.75 Å². The van der Waals surface area contributed by atoms with Crippen molar-refractivity contribution in [1.29, 1.82) is 0 Å². The van der Waals surface area contributed by atoms with Crippen LogP contribution < -0.4 is 10.4 Å². The van der Waals surface area contributed by atoms with Gasteiger partial charge in [0.25, 0.3) is 5.69 Å². The molecule has 2 aromatic rings. The van der Waals surface area contributed by atoms with Gasteiger partial charge in [0, 0.05) is 23.7 Å². The molecule has 25 heavy (non-hydrogen) atoms. The number of hydrogen-bond donors (Lipinski definition) is 0. The fourth-order valence-electron chi connectivity index (χ4n) is 1.79. The van der Waals surface area contributed by atoms with Gasteiger partial charge in [-0.25, -0.2) is 19.0 Å². The highest BCUT2D eigenvalue weighted by Crippen LogP contribution is 2.18. The summed E-state index contributed by atoms with van der Waals surface area (Å²) < 4.78 is 10.0. The van der Waals surface area contributed by atoms with Crippen molar-refractivity contribution in [3.05, 3.63) is 62.3 Å². The summed E-state index contributed by atoms with van der Waals surface area (Å²) in [7, 11) is 1.14. The summed E-state index contributed by atoms with van der Waals surface area (Å²) in [6, 6.07) is 4.67. The Morgan fingerprint density at radius 3 is 2.48 bits per heavy atom. The lowest BCUT2D eigenvalue weighted by molar-refractivity contribution is -0.384. The van der Waals surface area contributed by atoms with Crippen molar-refractivity contribution in [3.63, 3.8) is 0 Å². The first-order valence-electron chi connectivity index (χ1n) is 6.61. The second-order valence-electron chi connectivity index (χ2n) is 4.50. The number of ether oxygens (including phenoxy) is 2. The Bertz CT molecular complexity index is 892. The molecular formula is C14H10BrN3O7. The van der Waals surface area contributed by atoms with E-state index in [-0.39, 0.29) is 28.0 Å². The topological polar surface area (TPSA) is 131 Å². The first-order chi connectivity index (χ1) is 11.9. The Morgan fingerprint density at radius 1 is 1.32 bits per heavy atom. The highest BCUT2D eigenvalue weighted by Gasteiger charge is 2.19. The first-order valence-corrected chi connectivity index (χ1v) is 7.73. The summed E-state index contributed by atoms with van der Waals surface area (Å²) in [6.45, 7) is 0. The van der Waals surface area contributed by atoms with E-state index in [9.17, 15) is 24.5 Å². The Morgan fingerprint density at radius 2 is 1.96 bits per heavy atom. The fourth-order valence-corrected chi connectivity index (χ4v) is 2.21. The van der Waals surface area contributed by atoms with Crippen LogP contribution in [-0.4, -0.2) is 33.6 Å². The van der Waals surface area contributed by atoms with Crippen molar-refractivity contribution in [3.8, 4) is 5.75 Å². The molecule has 0 aliphatic heterocycles. The summed E-state index contributed by atoms with van der Waals surface area (Å²) in [5.74, 6) is -0.800. The Kier molecular flexibility index (Phi) is 5.60. The number of methoxy groups -OCH3 is 1. The molecule has 0 aliphatic carbocycles. The van der Waals surface area contributed by atoms with Crippen molar-refractivity contribution in [2.45, 2.75) is 5.33 Å². The Labute approximate surface area is 148 Å². The van der Waals surface area contributed by atoms with E-state index in [1.54, 1.807) is 0 Å². The monoisotopic (exact) mass is 411 g/mol. The zero-order chi connectivity index (χ0) is 18.6. The minimum atomic E-state index is -1.13. The number of non-ortho nitro benzene ring substituents is 1. The molecule has 1 heterocycles. The number of nitro benzene ring substituents is 1. The second kappa shape index (κ2) is 7.66. The van der Waals surface area contributed by atoms with Gasteiger partial charge in [0.2, 0.25) is 0 Å². The van der Waals surface area contributed by atoms with Crippen LogP contribution in [0.4, 0.5) is 10.5 Å². The maximum Gasteiger partial charge on any atom is 0.427 e.